The summed E-state index contributed by atoms with van der Waals surface area (Å²) in [6.45, 7) is 3.93. The number of non-ortho nitro benzene ring substituents is 1. The number of hydrogen-bond donors (Lipinski definition) is 1. The second-order valence-corrected chi connectivity index (χ2v) is 7.28. The minimum Gasteiger partial charge on any atom is -0.298 e. The monoisotopic (exact) mass is 387 g/mol. The molecular weight excluding hydrogens is 374 g/mol. The fourth-order valence-corrected chi connectivity index (χ4v) is 3.43. The average Bonchev–Trinajstić information content (AvgIpc) is 2.96. The molecule has 3 rings (SSSR count). The Kier molecular flexibility index (Phi) is 5.01. The predicted octanol–water partition coefficient (Wildman–Crippen LogP) is 5.24. The van der Waals surface area contributed by atoms with E-state index in [1.807, 2.05) is 38.1 Å². The Morgan fingerprint density at radius 2 is 1.88 bits per heavy atom. The molecule has 0 saturated heterocycles. The summed E-state index contributed by atoms with van der Waals surface area (Å²) in [6.07, 6.45) is 0. The molecular formula is C18H14ClN3O3S. The van der Waals surface area contributed by atoms with E-state index in [2.05, 4.69) is 10.3 Å². The fraction of sp³-hybridized carbons (Fsp3) is 0.111. The molecule has 0 unspecified atom stereocenters. The van der Waals surface area contributed by atoms with Gasteiger partial charge in [-0.05, 0) is 19.9 Å². The number of anilines is 1. The Morgan fingerprint density at radius 1 is 1.19 bits per heavy atom. The molecule has 1 aromatic heterocycles. The van der Waals surface area contributed by atoms with Gasteiger partial charge in [-0.15, -0.1) is 11.3 Å². The highest BCUT2D eigenvalue weighted by Gasteiger charge is 2.18. The highest BCUT2D eigenvalue weighted by atomic mass is 35.5. The van der Waals surface area contributed by atoms with Crippen molar-refractivity contribution in [3.05, 3.63) is 73.6 Å². The van der Waals surface area contributed by atoms with Gasteiger partial charge in [0.1, 0.15) is 0 Å². The zero-order valence-corrected chi connectivity index (χ0v) is 15.5. The first-order valence-electron chi connectivity index (χ1n) is 7.65. The summed E-state index contributed by atoms with van der Waals surface area (Å²) in [5, 5.41) is 14.1. The van der Waals surface area contributed by atoms with Gasteiger partial charge in [-0.2, -0.15) is 0 Å². The number of nitro benzene ring substituents is 1. The average molecular weight is 388 g/mol. The number of carbonyl (C=O) groups excluding carboxylic acids is 1. The molecule has 0 bridgehead atoms. The van der Waals surface area contributed by atoms with Crippen LogP contribution in [-0.2, 0) is 0 Å². The van der Waals surface area contributed by atoms with Gasteiger partial charge in [-0.3, -0.25) is 20.2 Å². The number of aromatic nitrogens is 1. The molecule has 0 atom stereocenters. The van der Waals surface area contributed by atoms with E-state index in [1.54, 1.807) is 0 Å². The molecule has 2 aromatic carbocycles. The van der Waals surface area contributed by atoms with Crippen LogP contribution in [0.15, 0.2) is 42.5 Å². The van der Waals surface area contributed by atoms with Crippen molar-refractivity contribution in [2.24, 2.45) is 0 Å². The molecule has 0 aliphatic rings. The summed E-state index contributed by atoms with van der Waals surface area (Å²) in [7, 11) is 0. The van der Waals surface area contributed by atoms with Crippen molar-refractivity contribution in [1.82, 2.24) is 4.98 Å². The van der Waals surface area contributed by atoms with Crippen molar-refractivity contribution in [3.8, 4) is 11.3 Å². The quantitative estimate of drug-likeness (QED) is 0.490. The molecule has 132 valence electrons. The lowest BCUT2D eigenvalue weighted by Gasteiger charge is -2.04. The summed E-state index contributed by atoms with van der Waals surface area (Å²) in [4.78, 5) is 28.2. The van der Waals surface area contributed by atoms with Crippen molar-refractivity contribution in [2.75, 3.05) is 5.32 Å². The number of nitrogens with zero attached hydrogens (tertiary/aromatic N) is 2. The molecule has 0 fully saturated rings. The Labute approximate surface area is 158 Å². The van der Waals surface area contributed by atoms with Crippen LogP contribution in [0, 0.1) is 24.0 Å². The lowest BCUT2D eigenvalue weighted by molar-refractivity contribution is -0.384. The topological polar surface area (TPSA) is 85.1 Å². The smallest absolute Gasteiger partial charge is 0.270 e. The standard InChI is InChI=1S/C18H14ClN3O3S/c1-10-3-5-12(6-4-10)16-11(2)26-18(20-16)21-17(23)14-9-13(22(24)25)7-8-15(14)19/h3-9H,1-2H3,(H,20,21,23). The molecule has 0 aliphatic carbocycles. The van der Waals surface area contributed by atoms with Crippen LogP contribution in [0.5, 0.6) is 0 Å². The Morgan fingerprint density at radius 3 is 2.54 bits per heavy atom. The summed E-state index contributed by atoms with van der Waals surface area (Å²) in [6, 6.07) is 11.7. The maximum Gasteiger partial charge on any atom is 0.270 e. The highest BCUT2D eigenvalue weighted by Crippen LogP contribution is 2.31. The number of halogens is 1. The fourth-order valence-electron chi connectivity index (χ4n) is 2.39. The first-order valence-corrected chi connectivity index (χ1v) is 8.84. The molecule has 3 aromatic rings. The minimum absolute atomic E-state index is 0.0330. The molecule has 0 radical (unpaired) electrons. The second-order valence-electron chi connectivity index (χ2n) is 5.67. The third kappa shape index (κ3) is 3.74. The molecule has 26 heavy (non-hydrogen) atoms. The third-order valence-electron chi connectivity index (χ3n) is 3.75. The van der Waals surface area contributed by atoms with Crippen LogP contribution in [0.1, 0.15) is 20.8 Å². The highest BCUT2D eigenvalue weighted by molar-refractivity contribution is 7.16. The number of benzene rings is 2. The lowest BCUT2D eigenvalue weighted by Crippen LogP contribution is -2.12. The number of amides is 1. The summed E-state index contributed by atoms with van der Waals surface area (Å²) in [5.74, 6) is -0.539. The van der Waals surface area contributed by atoms with E-state index in [4.69, 9.17) is 11.6 Å². The first-order chi connectivity index (χ1) is 12.3. The van der Waals surface area contributed by atoms with Gasteiger partial charge in [0.05, 0.1) is 21.2 Å². The van der Waals surface area contributed by atoms with Crippen LogP contribution in [0.4, 0.5) is 10.8 Å². The molecule has 0 aliphatic heterocycles. The number of aryl methyl sites for hydroxylation is 2. The number of carbonyl (C=O) groups is 1. The van der Waals surface area contributed by atoms with Gasteiger partial charge in [-0.1, -0.05) is 41.4 Å². The van der Waals surface area contributed by atoms with Crippen molar-refractivity contribution >= 4 is 39.7 Å². The number of hydrogen-bond acceptors (Lipinski definition) is 5. The third-order valence-corrected chi connectivity index (χ3v) is 4.96. The Hall–Kier alpha value is -2.77. The largest absolute Gasteiger partial charge is 0.298 e. The zero-order chi connectivity index (χ0) is 18.8. The second kappa shape index (κ2) is 7.23. The van der Waals surface area contributed by atoms with Crippen molar-refractivity contribution in [3.63, 3.8) is 0 Å². The van der Waals surface area contributed by atoms with E-state index >= 15 is 0 Å². The van der Waals surface area contributed by atoms with Gasteiger partial charge in [0.2, 0.25) is 0 Å². The zero-order valence-electron chi connectivity index (χ0n) is 13.9. The number of thiazole rings is 1. The van der Waals surface area contributed by atoms with Crippen molar-refractivity contribution < 1.29 is 9.72 Å². The van der Waals surface area contributed by atoms with Crippen LogP contribution in [0.2, 0.25) is 5.02 Å². The molecule has 8 heteroatoms. The maximum absolute atomic E-state index is 12.5. The summed E-state index contributed by atoms with van der Waals surface area (Å²) in [5.41, 5.74) is 2.73. The van der Waals surface area contributed by atoms with E-state index in [0.29, 0.717) is 5.13 Å². The van der Waals surface area contributed by atoms with Gasteiger partial charge in [0.15, 0.2) is 5.13 Å². The summed E-state index contributed by atoms with van der Waals surface area (Å²) < 4.78 is 0. The van der Waals surface area contributed by atoms with Gasteiger partial charge < -0.3 is 0 Å². The normalized spacial score (nSPS) is 10.6. The van der Waals surface area contributed by atoms with Crippen LogP contribution in [0.25, 0.3) is 11.3 Å². The Bertz CT molecular complexity index is 999. The van der Waals surface area contributed by atoms with E-state index in [-0.39, 0.29) is 16.3 Å². The number of nitro groups is 1. The van der Waals surface area contributed by atoms with Gasteiger partial charge in [-0.25, -0.2) is 4.98 Å². The number of nitrogens with one attached hydrogen (secondary N) is 1. The van der Waals surface area contributed by atoms with Crippen LogP contribution >= 0.6 is 22.9 Å². The molecule has 1 N–H and O–H groups in total. The van der Waals surface area contributed by atoms with E-state index < -0.39 is 10.8 Å². The molecule has 0 saturated carbocycles. The Balaban J connectivity index is 1.87. The SMILES string of the molecule is Cc1ccc(-c2nc(NC(=O)c3cc([N+](=O)[O-])ccc3Cl)sc2C)cc1. The van der Waals surface area contributed by atoms with Crippen LogP contribution < -0.4 is 5.32 Å². The molecule has 6 nitrogen and oxygen atoms in total. The van der Waals surface area contributed by atoms with Gasteiger partial charge >= 0.3 is 0 Å². The van der Waals surface area contributed by atoms with Gasteiger partial charge in [0.25, 0.3) is 11.6 Å². The first kappa shape index (κ1) is 18.0. The van der Waals surface area contributed by atoms with Crippen LogP contribution in [0.3, 0.4) is 0 Å². The predicted molar refractivity (Wildman–Crippen MR) is 103 cm³/mol. The van der Waals surface area contributed by atoms with E-state index in [9.17, 15) is 14.9 Å². The van der Waals surface area contributed by atoms with Crippen molar-refractivity contribution in [1.29, 1.82) is 0 Å². The van der Waals surface area contributed by atoms with Crippen molar-refractivity contribution in [2.45, 2.75) is 13.8 Å². The lowest BCUT2D eigenvalue weighted by atomic mass is 10.1. The molecule has 1 amide bonds. The number of rotatable bonds is 4. The van der Waals surface area contributed by atoms with Gasteiger partial charge in [0, 0.05) is 22.6 Å². The summed E-state index contributed by atoms with van der Waals surface area (Å²) >= 11 is 7.34. The van der Waals surface area contributed by atoms with E-state index in [0.717, 1.165) is 27.8 Å². The minimum atomic E-state index is -0.573. The van der Waals surface area contributed by atoms with E-state index in [1.165, 1.54) is 23.5 Å². The molecule has 0 spiro atoms. The molecule has 1 heterocycles. The van der Waals surface area contributed by atoms with Crippen LogP contribution in [-0.4, -0.2) is 15.8 Å². The maximum atomic E-state index is 12.5.